The van der Waals surface area contributed by atoms with Crippen LogP contribution in [-0.4, -0.2) is 33.5 Å². The van der Waals surface area contributed by atoms with Crippen LogP contribution in [0.15, 0.2) is 53.4 Å². The van der Waals surface area contributed by atoms with Crippen molar-refractivity contribution in [3.05, 3.63) is 59.1 Å². The minimum absolute atomic E-state index is 0.0859. The summed E-state index contributed by atoms with van der Waals surface area (Å²) in [5.41, 5.74) is 2.76. The molecule has 1 atom stereocenters. The average Bonchev–Trinajstić information content (AvgIpc) is 2.56. The third-order valence-electron chi connectivity index (χ3n) is 3.83. The van der Waals surface area contributed by atoms with Gasteiger partial charge in [0.25, 0.3) is 0 Å². The fraction of sp³-hybridized carbons (Fsp3) is 0.235. The van der Waals surface area contributed by atoms with E-state index >= 15 is 0 Å². The first kappa shape index (κ1) is 15.7. The minimum atomic E-state index is -0.0859. The summed E-state index contributed by atoms with van der Waals surface area (Å²) in [6, 6.07) is 9.49. The Kier molecular flexibility index (Phi) is 4.71. The molecule has 2 amide bonds. The monoisotopic (exact) mass is 372 g/mol. The molecule has 1 N–H and O–H groups in total. The molecule has 5 nitrogen and oxygen atoms in total. The van der Waals surface area contributed by atoms with Crippen molar-refractivity contribution in [2.75, 3.05) is 11.9 Å². The van der Waals surface area contributed by atoms with Crippen LogP contribution in [0, 0.1) is 0 Å². The number of benzene rings is 1. The highest BCUT2D eigenvalue weighted by Gasteiger charge is 2.26. The first-order valence-corrected chi connectivity index (χ1v) is 8.23. The zero-order chi connectivity index (χ0) is 16.2. The van der Waals surface area contributed by atoms with Crippen molar-refractivity contribution in [1.82, 2.24) is 14.9 Å². The highest BCUT2D eigenvalue weighted by Crippen LogP contribution is 2.28. The van der Waals surface area contributed by atoms with E-state index in [0.717, 1.165) is 28.0 Å². The summed E-state index contributed by atoms with van der Waals surface area (Å²) in [6.45, 7) is 2.60. The number of nitrogens with one attached hydrogen (secondary N) is 1. The van der Waals surface area contributed by atoms with Crippen LogP contribution in [0.4, 0.5) is 10.5 Å². The summed E-state index contributed by atoms with van der Waals surface area (Å²) in [6.07, 6.45) is 6.12. The lowest BCUT2D eigenvalue weighted by Crippen LogP contribution is -2.43. The quantitative estimate of drug-likeness (QED) is 0.867. The first-order valence-electron chi connectivity index (χ1n) is 7.43. The van der Waals surface area contributed by atoms with Crippen molar-refractivity contribution < 1.29 is 4.79 Å². The minimum Gasteiger partial charge on any atom is -0.318 e. The maximum atomic E-state index is 12.4. The van der Waals surface area contributed by atoms with Crippen LogP contribution in [0.2, 0.25) is 0 Å². The van der Waals surface area contributed by atoms with Crippen LogP contribution < -0.4 is 5.32 Å². The fourth-order valence-corrected chi connectivity index (χ4v) is 3.11. The Bertz CT molecular complexity index is 732. The van der Waals surface area contributed by atoms with Gasteiger partial charge in [0.2, 0.25) is 0 Å². The fourth-order valence-electron chi connectivity index (χ4n) is 2.63. The molecule has 6 heteroatoms. The molecule has 0 saturated heterocycles. The first-order chi connectivity index (χ1) is 11.1. The lowest BCUT2D eigenvalue weighted by molar-refractivity contribution is 0.198. The van der Waals surface area contributed by atoms with E-state index in [-0.39, 0.29) is 12.1 Å². The topological polar surface area (TPSA) is 58.1 Å². The third-order valence-corrected chi connectivity index (χ3v) is 4.41. The van der Waals surface area contributed by atoms with Gasteiger partial charge in [0.15, 0.2) is 0 Å². The predicted octanol–water partition coefficient (Wildman–Crippen LogP) is 3.95. The number of anilines is 1. The molecule has 0 aliphatic carbocycles. The zero-order valence-corrected chi connectivity index (χ0v) is 14.3. The molecule has 1 aromatic carbocycles. The second-order valence-electron chi connectivity index (χ2n) is 5.43. The SMILES string of the molecule is C[C@H]1CC(c2nccnc2Br)=CCN1C(=O)Nc1ccccc1. The largest absolute Gasteiger partial charge is 0.322 e. The Morgan fingerprint density at radius 1 is 1.26 bits per heavy atom. The van der Waals surface area contributed by atoms with Crippen LogP contribution in [0.5, 0.6) is 0 Å². The molecule has 23 heavy (non-hydrogen) atoms. The maximum Gasteiger partial charge on any atom is 0.322 e. The summed E-state index contributed by atoms with van der Waals surface area (Å²) in [5, 5.41) is 2.93. The molecule has 2 heterocycles. The normalized spacial score (nSPS) is 17.6. The van der Waals surface area contributed by atoms with Gasteiger partial charge in [0, 0.05) is 30.7 Å². The number of carbonyl (C=O) groups excluding carboxylic acids is 1. The van der Waals surface area contributed by atoms with E-state index < -0.39 is 0 Å². The van der Waals surface area contributed by atoms with Crippen molar-refractivity contribution in [2.24, 2.45) is 0 Å². The van der Waals surface area contributed by atoms with Crippen LogP contribution in [-0.2, 0) is 0 Å². The number of carbonyl (C=O) groups is 1. The molecule has 1 aliphatic heterocycles. The van der Waals surface area contributed by atoms with Crippen molar-refractivity contribution in [3.8, 4) is 0 Å². The van der Waals surface area contributed by atoms with Crippen LogP contribution >= 0.6 is 15.9 Å². The van der Waals surface area contributed by atoms with E-state index in [1.54, 1.807) is 12.4 Å². The molecule has 0 bridgehead atoms. The Morgan fingerprint density at radius 3 is 2.70 bits per heavy atom. The van der Waals surface area contributed by atoms with Crippen LogP contribution in [0.1, 0.15) is 19.0 Å². The van der Waals surface area contributed by atoms with Crippen LogP contribution in [0.3, 0.4) is 0 Å². The number of halogens is 1. The molecule has 1 aliphatic rings. The highest BCUT2D eigenvalue weighted by molar-refractivity contribution is 9.10. The van der Waals surface area contributed by atoms with Crippen LogP contribution in [0.25, 0.3) is 5.57 Å². The second-order valence-corrected chi connectivity index (χ2v) is 6.18. The molecule has 0 unspecified atom stereocenters. The lowest BCUT2D eigenvalue weighted by atomic mass is 9.99. The number of urea groups is 1. The Morgan fingerprint density at radius 2 is 2.00 bits per heavy atom. The number of aromatic nitrogens is 2. The third kappa shape index (κ3) is 3.59. The van der Waals surface area contributed by atoms with Gasteiger partial charge in [-0.1, -0.05) is 24.3 Å². The average molecular weight is 373 g/mol. The summed E-state index contributed by atoms with van der Waals surface area (Å²) in [4.78, 5) is 22.8. The standard InChI is InChI=1S/C17H17BrN4O/c1-12-11-13(15-16(18)20-9-8-19-15)7-10-22(12)17(23)21-14-5-3-2-4-6-14/h2-9,12H,10-11H2,1H3,(H,21,23)/t12-/m0/s1. The number of nitrogens with zero attached hydrogens (tertiary/aromatic N) is 3. The molecule has 0 fully saturated rings. The van der Waals surface area contributed by atoms with E-state index in [1.165, 1.54) is 0 Å². The van der Waals surface area contributed by atoms with E-state index in [2.05, 4.69) is 31.2 Å². The number of hydrogen-bond donors (Lipinski definition) is 1. The molecule has 118 valence electrons. The van der Waals surface area contributed by atoms with Crippen molar-refractivity contribution in [2.45, 2.75) is 19.4 Å². The van der Waals surface area contributed by atoms with Gasteiger partial charge in [-0.2, -0.15) is 0 Å². The Labute approximate surface area is 143 Å². The molecular weight excluding hydrogens is 356 g/mol. The van der Waals surface area contributed by atoms with Crippen molar-refractivity contribution in [3.63, 3.8) is 0 Å². The smallest absolute Gasteiger partial charge is 0.318 e. The van der Waals surface area contributed by atoms with Gasteiger partial charge in [-0.25, -0.2) is 9.78 Å². The highest BCUT2D eigenvalue weighted by atomic mass is 79.9. The summed E-state index contributed by atoms with van der Waals surface area (Å²) in [7, 11) is 0. The van der Waals surface area contributed by atoms with Gasteiger partial charge in [-0.3, -0.25) is 4.98 Å². The number of rotatable bonds is 2. The number of amides is 2. The Balaban J connectivity index is 1.73. The van der Waals surface area contributed by atoms with Gasteiger partial charge in [-0.05, 0) is 47.0 Å². The molecule has 0 radical (unpaired) electrons. The molecule has 2 aromatic rings. The molecule has 0 spiro atoms. The lowest BCUT2D eigenvalue weighted by Gasteiger charge is -2.33. The van der Waals surface area contributed by atoms with E-state index in [1.807, 2.05) is 48.2 Å². The van der Waals surface area contributed by atoms with Gasteiger partial charge in [-0.15, -0.1) is 0 Å². The summed E-state index contributed by atoms with van der Waals surface area (Å²) in [5.74, 6) is 0. The second kappa shape index (κ2) is 6.91. The predicted molar refractivity (Wildman–Crippen MR) is 94.0 cm³/mol. The summed E-state index contributed by atoms with van der Waals surface area (Å²) >= 11 is 3.43. The number of hydrogen-bond acceptors (Lipinski definition) is 3. The van der Waals surface area contributed by atoms with E-state index in [9.17, 15) is 4.79 Å². The van der Waals surface area contributed by atoms with Crippen molar-refractivity contribution >= 4 is 33.2 Å². The molecular formula is C17H17BrN4O. The molecule has 3 rings (SSSR count). The Hall–Kier alpha value is -2.21. The summed E-state index contributed by atoms with van der Waals surface area (Å²) < 4.78 is 0.737. The van der Waals surface area contributed by atoms with Gasteiger partial charge in [0.05, 0.1) is 5.69 Å². The van der Waals surface area contributed by atoms with Gasteiger partial charge < -0.3 is 10.2 Å². The maximum absolute atomic E-state index is 12.4. The van der Waals surface area contributed by atoms with E-state index in [4.69, 9.17) is 0 Å². The van der Waals surface area contributed by atoms with E-state index in [0.29, 0.717) is 6.54 Å². The van der Waals surface area contributed by atoms with Gasteiger partial charge in [0.1, 0.15) is 4.60 Å². The number of para-hydroxylation sites is 1. The molecule has 1 aromatic heterocycles. The van der Waals surface area contributed by atoms with Crippen molar-refractivity contribution in [1.29, 1.82) is 0 Å². The molecule has 0 saturated carbocycles. The van der Waals surface area contributed by atoms with Gasteiger partial charge >= 0.3 is 6.03 Å². The zero-order valence-electron chi connectivity index (χ0n) is 12.7.